The van der Waals surface area contributed by atoms with Gasteiger partial charge in [-0.2, -0.15) is 5.26 Å². The third kappa shape index (κ3) is 3.77. The van der Waals surface area contributed by atoms with E-state index >= 15 is 0 Å². The van der Waals surface area contributed by atoms with E-state index in [0.717, 1.165) is 6.54 Å². The van der Waals surface area contributed by atoms with Crippen LogP contribution >= 0.6 is 0 Å². The molecule has 0 aliphatic heterocycles. The second-order valence-corrected chi connectivity index (χ2v) is 5.76. The van der Waals surface area contributed by atoms with Crippen LogP contribution in [0, 0.1) is 17.2 Å². The van der Waals surface area contributed by atoms with Crippen LogP contribution in [0.25, 0.3) is 0 Å². The Labute approximate surface area is 99.8 Å². The van der Waals surface area contributed by atoms with Crippen molar-refractivity contribution in [1.82, 2.24) is 10.2 Å². The predicted octanol–water partition coefficient (Wildman–Crippen LogP) is 2.00. The zero-order valence-electron chi connectivity index (χ0n) is 11.2. The monoisotopic (exact) mass is 223 g/mol. The van der Waals surface area contributed by atoms with Gasteiger partial charge in [0, 0.05) is 18.6 Å². The van der Waals surface area contributed by atoms with Gasteiger partial charge in [-0.1, -0.05) is 13.8 Å². The summed E-state index contributed by atoms with van der Waals surface area (Å²) in [4.78, 5) is 2.28. The largest absolute Gasteiger partial charge is 0.301 e. The van der Waals surface area contributed by atoms with E-state index in [1.54, 1.807) is 0 Å². The average molecular weight is 223 g/mol. The SMILES string of the molecule is CC(C)C(C)N(C)CC(C)(C#N)NC1CC1. The van der Waals surface area contributed by atoms with Crippen LogP contribution in [0.1, 0.15) is 40.5 Å². The zero-order chi connectivity index (χ0) is 12.3. The molecular weight excluding hydrogens is 198 g/mol. The topological polar surface area (TPSA) is 39.1 Å². The second kappa shape index (κ2) is 5.16. The summed E-state index contributed by atoms with van der Waals surface area (Å²) in [5.41, 5.74) is -0.404. The molecule has 0 radical (unpaired) electrons. The van der Waals surface area contributed by atoms with E-state index in [1.165, 1.54) is 12.8 Å². The predicted molar refractivity (Wildman–Crippen MR) is 67.1 cm³/mol. The third-order valence-electron chi connectivity index (χ3n) is 3.57. The Morgan fingerprint density at radius 2 is 2.00 bits per heavy atom. The van der Waals surface area contributed by atoms with Gasteiger partial charge in [-0.25, -0.2) is 0 Å². The maximum absolute atomic E-state index is 9.29. The Hall–Kier alpha value is -0.590. The Balaban J connectivity index is 2.51. The summed E-state index contributed by atoms with van der Waals surface area (Å²) in [5.74, 6) is 0.619. The van der Waals surface area contributed by atoms with Gasteiger partial charge in [0.15, 0.2) is 0 Å². The molecule has 1 fully saturated rings. The summed E-state index contributed by atoms with van der Waals surface area (Å²) in [7, 11) is 2.11. The highest BCUT2D eigenvalue weighted by Crippen LogP contribution is 2.23. The van der Waals surface area contributed by atoms with Crippen LogP contribution in [0.15, 0.2) is 0 Å². The molecule has 0 aromatic heterocycles. The van der Waals surface area contributed by atoms with E-state index in [9.17, 15) is 5.26 Å². The maximum Gasteiger partial charge on any atom is 0.116 e. The lowest BCUT2D eigenvalue weighted by Crippen LogP contribution is -2.52. The highest BCUT2D eigenvalue weighted by Gasteiger charge is 2.34. The Morgan fingerprint density at radius 3 is 2.38 bits per heavy atom. The molecule has 2 unspecified atom stereocenters. The van der Waals surface area contributed by atoms with Crippen molar-refractivity contribution in [2.24, 2.45) is 5.92 Å². The lowest BCUT2D eigenvalue weighted by atomic mass is 9.99. The van der Waals surface area contributed by atoms with Gasteiger partial charge >= 0.3 is 0 Å². The minimum atomic E-state index is -0.404. The first-order valence-electron chi connectivity index (χ1n) is 6.27. The minimum Gasteiger partial charge on any atom is -0.301 e. The molecule has 0 amide bonds. The van der Waals surface area contributed by atoms with E-state index in [2.05, 4.69) is 44.1 Å². The Kier molecular flexibility index (Phi) is 4.35. The highest BCUT2D eigenvalue weighted by molar-refractivity contribution is 5.09. The van der Waals surface area contributed by atoms with Gasteiger partial charge in [0.05, 0.1) is 6.07 Å². The molecule has 1 rings (SSSR count). The van der Waals surface area contributed by atoms with Gasteiger partial charge in [0.2, 0.25) is 0 Å². The van der Waals surface area contributed by atoms with Crippen molar-refractivity contribution in [3.63, 3.8) is 0 Å². The van der Waals surface area contributed by atoms with Crippen LogP contribution in [0.2, 0.25) is 0 Å². The fourth-order valence-corrected chi connectivity index (χ4v) is 1.94. The second-order valence-electron chi connectivity index (χ2n) is 5.76. The zero-order valence-corrected chi connectivity index (χ0v) is 11.2. The minimum absolute atomic E-state index is 0.404. The van der Waals surface area contributed by atoms with Crippen molar-refractivity contribution in [3.05, 3.63) is 0 Å². The fourth-order valence-electron chi connectivity index (χ4n) is 1.94. The number of nitriles is 1. The van der Waals surface area contributed by atoms with Gasteiger partial charge in [-0.05, 0) is 39.7 Å². The molecule has 3 heteroatoms. The molecule has 1 N–H and O–H groups in total. The van der Waals surface area contributed by atoms with E-state index in [0.29, 0.717) is 18.0 Å². The molecule has 92 valence electrons. The normalized spacial score (nSPS) is 21.9. The maximum atomic E-state index is 9.29. The fraction of sp³-hybridized carbons (Fsp3) is 0.923. The number of likely N-dealkylation sites (N-methyl/N-ethyl adjacent to an activating group) is 1. The van der Waals surface area contributed by atoms with Crippen molar-refractivity contribution in [2.45, 2.75) is 58.2 Å². The molecule has 1 aliphatic rings. The van der Waals surface area contributed by atoms with Crippen LogP contribution in [0.5, 0.6) is 0 Å². The third-order valence-corrected chi connectivity index (χ3v) is 3.57. The first-order chi connectivity index (χ1) is 7.38. The molecule has 3 nitrogen and oxygen atoms in total. The van der Waals surface area contributed by atoms with Crippen molar-refractivity contribution < 1.29 is 0 Å². The molecule has 1 saturated carbocycles. The van der Waals surface area contributed by atoms with Gasteiger partial charge in [-0.15, -0.1) is 0 Å². The molecule has 0 bridgehead atoms. The molecule has 0 aromatic carbocycles. The van der Waals surface area contributed by atoms with Gasteiger partial charge < -0.3 is 4.90 Å². The summed E-state index contributed by atoms with van der Waals surface area (Å²) >= 11 is 0. The quantitative estimate of drug-likeness (QED) is 0.748. The molecule has 0 aromatic rings. The number of hydrogen-bond acceptors (Lipinski definition) is 3. The summed E-state index contributed by atoms with van der Waals surface area (Å²) in [5, 5.41) is 12.7. The first-order valence-corrected chi connectivity index (χ1v) is 6.27. The molecule has 16 heavy (non-hydrogen) atoms. The summed E-state index contributed by atoms with van der Waals surface area (Å²) in [6, 6.07) is 3.51. The van der Waals surface area contributed by atoms with Gasteiger partial charge in [-0.3, -0.25) is 5.32 Å². The van der Waals surface area contributed by atoms with E-state index in [4.69, 9.17) is 0 Å². The summed E-state index contributed by atoms with van der Waals surface area (Å²) < 4.78 is 0. The van der Waals surface area contributed by atoms with Crippen molar-refractivity contribution in [1.29, 1.82) is 5.26 Å². The Morgan fingerprint density at radius 1 is 1.44 bits per heavy atom. The standard InChI is InChI=1S/C13H25N3/c1-10(2)11(3)16(5)9-13(4,8-14)15-12-6-7-12/h10-12,15H,6-7,9H2,1-5H3. The Bertz CT molecular complexity index is 265. The highest BCUT2D eigenvalue weighted by atomic mass is 15.2. The molecule has 2 atom stereocenters. The molecule has 0 heterocycles. The van der Waals surface area contributed by atoms with Gasteiger partial charge in [0.25, 0.3) is 0 Å². The van der Waals surface area contributed by atoms with Crippen LogP contribution < -0.4 is 5.32 Å². The number of nitrogens with zero attached hydrogens (tertiary/aromatic N) is 2. The molecule has 0 spiro atoms. The molecular formula is C13H25N3. The molecule has 1 aliphatic carbocycles. The van der Waals surface area contributed by atoms with Crippen LogP contribution in [-0.4, -0.2) is 36.1 Å². The van der Waals surface area contributed by atoms with E-state index < -0.39 is 5.54 Å². The van der Waals surface area contributed by atoms with Crippen molar-refractivity contribution in [3.8, 4) is 6.07 Å². The van der Waals surface area contributed by atoms with Crippen LogP contribution in [-0.2, 0) is 0 Å². The summed E-state index contributed by atoms with van der Waals surface area (Å²) in [6.45, 7) is 9.46. The lowest BCUT2D eigenvalue weighted by Gasteiger charge is -2.34. The first kappa shape index (κ1) is 13.5. The average Bonchev–Trinajstić information content (AvgIpc) is 3.00. The van der Waals surface area contributed by atoms with Gasteiger partial charge in [0.1, 0.15) is 5.54 Å². The number of rotatable bonds is 6. The van der Waals surface area contributed by atoms with E-state index in [-0.39, 0.29) is 0 Å². The van der Waals surface area contributed by atoms with E-state index in [1.807, 2.05) is 6.92 Å². The number of hydrogen-bond donors (Lipinski definition) is 1. The van der Waals surface area contributed by atoms with Crippen molar-refractivity contribution >= 4 is 0 Å². The lowest BCUT2D eigenvalue weighted by molar-refractivity contribution is 0.172. The van der Waals surface area contributed by atoms with Crippen LogP contribution in [0.3, 0.4) is 0 Å². The van der Waals surface area contributed by atoms with Crippen molar-refractivity contribution in [2.75, 3.05) is 13.6 Å². The smallest absolute Gasteiger partial charge is 0.116 e. The summed E-state index contributed by atoms with van der Waals surface area (Å²) in [6.07, 6.45) is 2.45. The molecule has 0 saturated heterocycles. The number of nitrogens with one attached hydrogen (secondary N) is 1. The van der Waals surface area contributed by atoms with Crippen LogP contribution in [0.4, 0.5) is 0 Å².